The number of rotatable bonds is 2. The summed E-state index contributed by atoms with van der Waals surface area (Å²) >= 11 is 0. The molecule has 1 aliphatic rings. The van der Waals surface area contributed by atoms with Crippen LogP contribution in [0.1, 0.15) is 30.9 Å². The minimum atomic E-state index is -0.754. The van der Waals surface area contributed by atoms with E-state index in [0.29, 0.717) is 11.5 Å². The fourth-order valence-electron chi connectivity index (χ4n) is 2.44. The Balaban J connectivity index is 2.49. The first kappa shape index (κ1) is 15.0. The topological polar surface area (TPSA) is 73.6 Å². The summed E-state index contributed by atoms with van der Waals surface area (Å²) in [5.41, 5.74) is 10.6. The molecule has 0 radical (unpaired) electrons. The van der Waals surface area contributed by atoms with E-state index in [0.717, 1.165) is 22.5 Å². The van der Waals surface area contributed by atoms with E-state index < -0.39 is 6.16 Å². The van der Waals surface area contributed by atoms with Crippen molar-refractivity contribution in [2.75, 3.05) is 7.11 Å². The molecule has 1 aromatic carbocycles. The summed E-state index contributed by atoms with van der Waals surface area (Å²) in [7, 11) is 1.28. The van der Waals surface area contributed by atoms with Crippen LogP contribution in [-0.4, -0.2) is 13.3 Å². The van der Waals surface area contributed by atoms with Gasteiger partial charge >= 0.3 is 6.16 Å². The highest BCUT2D eigenvalue weighted by molar-refractivity contribution is 5.62. The third-order valence-corrected chi connectivity index (χ3v) is 3.49. The van der Waals surface area contributed by atoms with Crippen LogP contribution < -0.4 is 11.1 Å². The van der Waals surface area contributed by atoms with Gasteiger partial charge < -0.3 is 20.5 Å². The molecule has 3 N–H and O–H groups in total. The SMILES string of the molecule is COC(=O)OC1=C(C)NC(C)=C(N)C1c1cccc(C)c1. The lowest BCUT2D eigenvalue weighted by atomic mass is 9.89. The molecule has 0 spiro atoms. The van der Waals surface area contributed by atoms with Crippen molar-refractivity contribution in [2.45, 2.75) is 26.7 Å². The number of methoxy groups -OCH3 is 1. The second-order valence-corrected chi connectivity index (χ2v) is 5.10. The van der Waals surface area contributed by atoms with Gasteiger partial charge in [0.05, 0.1) is 18.7 Å². The summed E-state index contributed by atoms with van der Waals surface area (Å²) in [6.07, 6.45) is -0.754. The van der Waals surface area contributed by atoms with Crippen LogP contribution in [0.5, 0.6) is 0 Å². The molecule has 1 unspecified atom stereocenters. The van der Waals surface area contributed by atoms with E-state index in [1.807, 2.05) is 45.0 Å². The van der Waals surface area contributed by atoms with E-state index >= 15 is 0 Å². The second-order valence-electron chi connectivity index (χ2n) is 5.10. The average Bonchev–Trinajstić information content (AvgIpc) is 2.44. The zero-order valence-electron chi connectivity index (χ0n) is 12.7. The fraction of sp³-hybridized carbons (Fsp3) is 0.312. The molecule has 2 rings (SSSR count). The first-order chi connectivity index (χ1) is 9.93. The Labute approximate surface area is 124 Å². The molecule has 0 saturated heterocycles. The van der Waals surface area contributed by atoms with Crippen molar-refractivity contribution in [3.05, 3.63) is 58.2 Å². The van der Waals surface area contributed by atoms with Crippen LogP contribution in [0.4, 0.5) is 4.79 Å². The van der Waals surface area contributed by atoms with Gasteiger partial charge in [-0.1, -0.05) is 29.8 Å². The number of ether oxygens (including phenoxy) is 2. The monoisotopic (exact) mass is 288 g/mol. The van der Waals surface area contributed by atoms with Crippen LogP contribution in [0.2, 0.25) is 0 Å². The number of carbonyl (C=O) groups is 1. The van der Waals surface area contributed by atoms with E-state index in [-0.39, 0.29) is 5.92 Å². The molecule has 0 bridgehead atoms. The van der Waals surface area contributed by atoms with Crippen molar-refractivity contribution in [2.24, 2.45) is 5.73 Å². The molecule has 1 aromatic rings. The average molecular weight is 288 g/mol. The molecule has 1 atom stereocenters. The minimum Gasteiger partial charge on any atom is -0.437 e. The van der Waals surface area contributed by atoms with Gasteiger partial charge in [-0.15, -0.1) is 0 Å². The highest BCUT2D eigenvalue weighted by Gasteiger charge is 2.30. The van der Waals surface area contributed by atoms with Crippen LogP contribution in [0.15, 0.2) is 47.1 Å². The summed E-state index contributed by atoms with van der Waals surface area (Å²) in [4.78, 5) is 11.5. The van der Waals surface area contributed by atoms with Crippen LogP contribution >= 0.6 is 0 Å². The number of nitrogens with two attached hydrogens (primary N) is 1. The van der Waals surface area contributed by atoms with Crippen LogP contribution in [0.25, 0.3) is 0 Å². The molecular formula is C16H20N2O3. The third-order valence-electron chi connectivity index (χ3n) is 3.49. The summed E-state index contributed by atoms with van der Waals surface area (Å²) in [5.74, 6) is 0.167. The molecule has 0 saturated carbocycles. The van der Waals surface area contributed by atoms with Gasteiger partial charge in [0, 0.05) is 11.4 Å². The standard InChI is InChI=1S/C16H20N2O3/c1-9-6-5-7-12(8-9)13-14(17)10(2)18-11(3)15(13)21-16(19)20-4/h5-8,13,18H,17H2,1-4H3. The van der Waals surface area contributed by atoms with Gasteiger partial charge in [-0.3, -0.25) is 0 Å². The normalized spacial score (nSPS) is 18.4. The molecule has 5 heteroatoms. The number of allylic oxidation sites excluding steroid dienone is 2. The van der Waals surface area contributed by atoms with Crippen molar-refractivity contribution < 1.29 is 14.3 Å². The Morgan fingerprint density at radius 3 is 2.57 bits per heavy atom. The lowest BCUT2D eigenvalue weighted by molar-refractivity contribution is 0.0920. The van der Waals surface area contributed by atoms with Crippen LogP contribution in [0.3, 0.4) is 0 Å². The summed E-state index contributed by atoms with van der Waals surface area (Å²) in [6.45, 7) is 5.75. The molecular weight excluding hydrogens is 268 g/mol. The highest BCUT2D eigenvalue weighted by atomic mass is 16.7. The molecule has 1 aliphatic heterocycles. The minimum absolute atomic E-state index is 0.301. The van der Waals surface area contributed by atoms with E-state index in [2.05, 4.69) is 10.1 Å². The van der Waals surface area contributed by atoms with E-state index in [9.17, 15) is 4.79 Å². The summed E-state index contributed by atoms with van der Waals surface area (Å²) in [5, 5.41) is 3.12. The van der Waals surface area contributed by atoms with E-state index in [4.69, 9.17) is 10.5 Å². The van der Waals surface area contributed by atoms with Crippen LogP contribution in [-0.2, 0) is 9.47 Å². The number of hydrogen-bond acceptors (Lipinski definition) is 5. The van der Waals surface area contributed by atoms with Gasteiger partial charge in [-0.05, 0) is 26.3 Å². The van der Waals surface area contributed by atoms with Crippen molar-refractivity contribution >= 4 is 6.16 Å². The van der Waals surface area contributed by atoms with E-state index in [1.165, 1.54) is 7.11 Å². The number of hydrogen-bond donors (Lipinski definition) is 2. The van der Waals surface area contributed by atoms with Gasteiger partial charge in [0.25, 0.3) is 0 Å². The molecule has 0 aromatic heterocycles. The summed E-state index contributed by atoms with van der Waals surface area (Å²) < 4.78 is 9.91. The van der Waals surface area contributed by atoms with Crippen LogP contribution in [0, 0.1) is 6.92 Å². The number of nitrogens with one attached hydrogen (secondary N) is 1. The molecule has 0 aliphatic carbocycles. The number of benzene rings is 1. The zero-order valence-corrected chi connectivity index (χ0v) is 12.7. The highest BCUT2D eigenvalue weighted by Crippen LogP contribution is 2.36. The number of dihydropyridines is 1. The number of carbonyl (C=O) groups excluding carboxylic acids is 1. The molecule has 0 amide bonds. The number of aryl methyl sites for hydroxylation is 1. The van der Waals surface area contributed by atoms with Gasteiger partial charge in [-0.2, -0.15) is 0 Å². The Hall–Kier alpha value is -2.43. The van der Waals surface area contributed by atoms with Gasteiger partial charge in [-0.25, -0.2) is 4.79 Å². The lowest BCUT2D eigenvalue weighted by Gasteiger charge is -2.29. The largest absolute Gasteiger partial charge is 0.513 e. The smallest absolute Gasteiger partial charge is 0.437 e. The fourth-order valence-corrected chi connectivity index (χ4v) is 2.44. The van der Waals surface area contributed by atoms with Gasteiger partial charge in [0.2, 0.25) is 0 Å². The van der Waals surface area contributed by atoms with Crippen molar-refractivity contribution in [1.29, 1.82) is 0 Å². The lowest BCUT2D eigenvalue weighted by Crippen LogP contribution is -2.30. The van der Waals surface area contributed by atoms with Gasteiger partial charge in [0.1, 0.15) is 5.76 Å². The van der Waals surface area contributed by atoms with E-state index in [1.54, 1.807) is 0 Å². The molecule has 1 heterocycles. The first-order valence-electron chi connectivity index (χ1n) is 6.70. The summed E-state index contributed by atoms with van der Waals surface area (Å²) in [6, 6.07) is 7.97. The zero-order chi connectivity index (χ0) is 15.6. The van der Waals surface area contributed by atoms with Gasteiger partial charge in [0.15, 0.2) is 0 Å². The van der Waals surface area contributed by atoms with Crippen molar-refractivity contribution in [1.82, 2.24) is 5.32 Å². The predicted octanol–water partition coefficient (Wildman–Crippen LogP) is 2.89. The maximum atomic E-state index is 11.5. The molecule has 21 heavy (non-hydrogen) atoms. The Morgan fingerprint density at radius 2 is 1.95 bits per heavy atom. The Kier molecular flexibility index (Phi) is 4.21. The molecule has 0 fully saturated rings. The maximum absolute atomic E-state index is 11.5. The quantitative estimate of drug-likeness (QED) is 0.819. The maximum Gasteiger partial charge on any atom is 0.513 e. The Bertz CT molecular complexity index is 632. The molecule has 112 valence electrons. The van der Waals surface area contributed by atoms with Crippen molar-refractivity contribution in [3.63, 3.8) is 0 Å². The second kappa shape index (κ2) is 5.91. The third kappa shape index (κ3) is 3.02. The Morgan fingerprint density at radius 1 is 1.24 bits per heavy atom. The van der Waals surface area contributed by atoms with Crippen molar-refractivity contribution in [3.8, 4) is 0 Å². The molecule has 5 nitrogen and oxygen atoms in total. The first-order valence-corrected chi connectivity index (χ1v) is 6.70. The predicted molar refractivity (Wildman–Crippen MR) is 80.1 cm³/mol.